The lowest BCUT2D eigenvalue weighted by Crippen LogP contribution is -2.37. The number of amides is 1. The number of hydrogen-bond acceptors (Lipinski definition) is 8. The maximum atomic E-state index is 14.2. The third-order valence-corrected chi connectivity index (χ3v) is 5.32. The van der Waals surface area contributed by atoms with Crippen molar-refractivity contribution in [2.75, 3.05) is 22.6 Å². The standard InChI is InChI=1S/C21H20F2N8O2/c1-24-17-9-16(29-18-11(10-26-31(17)18)20(32)28-15-8-13(15)23)27-14-5-3-7-30(21(14)33)19-12(22)4-2-6-25-19/h2-7,9-10,13,15,21,24,33H,8H2,1H3,(H,27,29)(H,28,32)/t13-,15?,21?/m1/s1. The molecule has 3 aromatic rings. The number of allylic oxidation sites excluding steroid dienone is 2. The Morgan fingerprint density at radius 1 is 1.36 bits per heavy atom. The van der Waals surface area contributed by atoms with Crippen LogP contribution in [0.4, 0.5) is 26.2 Å². The van der Waals surface area contributed by atoms with Gasteiger partial charge >= 0.3 is 0 Å². The lowest BCUT2D eigenvalue weighted by Gasteiger charge is -2.30. The number of aliphatic hydroxyl groups is 1. The number of rotatable bonds is 6. The number of carbonyl (C=O) groups excluding carboxylic acids is 1. The van der Waals surface area contributed by atoms with Gasteiger partial charge in [-0.05, 0) is 24.3 Å². The number of fused-ring (bicyclic) bond motifs is 1. The molecule has 0 radical (unpaired) electrons. The molecular weight excluding hydrogens is 434 g/mol. The van der Waals surface area contributed by atoms with Gasteiger partial charge in [0, 0.05) is 31.9 Å². The van der Waals surface area contributed by atoms with Crippen LogP contribution in [0.5, 0.6) is 0 Å². The van der Waals surface area contributed by atoms with Gasteiger partial charge in [0.15, 0.2) is 23.5 Å². The molecule has 2 unspecified atom stereocenters. The molecule has 5 rings (SSSR count). The summed E-state index contributed by atoms with van der Waals surface area (Å²) in [6, 6.07) is 3.85. The van der Waals surface area contributed by atoms with Crippen molar-refractivity contribution in [2.45, 2.75) is 24.9 Å². The molecule has 4 heterocycles. The van der Waals surface area contributed by atoms with E-state index in [4.69, 9.17) is 0 Å². The van der Waals surface area contributed by atoms with Crippen molar-refractivity contribution < 1.29 is 18.7 Å². The molecule has 1 saturated carbocycles. The number of alkyl halides is 1. The number of aliphatic hydroxyl groups excluding tert-OH is 1. The number of nitrogens with zero attached hydrogens (tertiary/aromatic N) is 5. The van der Waals surface area contributed by atoms with Gasteiger partial charge < -0.3 is 21.1 Å². The number of anilines is 3. The highest BCUT2D eigenvalue weighted by Crippen LogP contribution is 2.27. The van der Waals surface area contributed by atoms with Gasteiger partial charge in [-0.3, -0.25) is 9.69 Å². The molecule has 0 aromatic carbocycles. The van der Waals surface area contributed by atoms with Crippen molar-refractivity contribution >= 4 is 29.0 Å². The summed E-state index contributed by atoms with van der Waals surface area (Å²) in [5, 5.41) is 23.6. The Hall–Kier alpha value is -4.06. The molecule has 0 saturated heterocycles. The second-order valence-corrected chi connectivity index (χ2v) is 7.58. The van der Waals surface area contributed by atoms with Crippen LogP contribution < -0.4 is 20.9 Å². The van der Waals surface area contributed by atoms with E-state index < -0.39 is 30.2 Å². The fourth-order valence-electron chi connectivity index (χ4n) is 3.49. The van der Waals surface area contributed by atoms with Crippen molar-refractivity contribution in [3.63, 3.8) is 0 Å². The van der Waals surface area contributed by atoms with Crippen molar-refractivity contribution in [1.29, 1.82) is 0 Å². The minimum Gasteiger partial charge on any atom is -0.373 e. The number of pyridine rings is 1. The Bertz CT molecular complexity index is 1290. The fraction of sp³-hybridized carbons (Fsp3) is 0.238. The lowest BCUT2D eigenvalue weighted by atomic mass is 10.2. The Labute approximate surface area is 186 Å². The van der Waals surface area contributed by atoms with E-state index >= 15 is 0 Å². The highest BCUT2D eigenvalue weighted by Gasteiger charge is 2.39. The molecule has 0 spiro atoms. The van der Waals surface area contributed by atoms with Crippen LogP contribution in [-0.4, -0.2) is 56.1 Å². The summed E-state index contributed by atoms with van der Waals surface area (Å²) >= 11 is 0. The summed E-state index contributed by atoms with van der Waals surface area (Å²) in [5.74, 6) is -0.267. The Kier molecular flexibility index (Phi) is 5.13. The number of halogens is 2. The molecule has 33 heavy (non-hydrogen) atoms. The van der Waals surface area contributed by atoms with Crippen LogP contribution in [0.25, 0.3) is 5.65 Å². The van der Waals surface area contributed by atoms with E-state index in [-0.39, 0.29) is 17.0 Å². The zero-order valence-electron chi connectivity index (χ0n) is 17.4. The van der Waals surface area contributed by atoms with Gasteiger partial charge in [-0.2, -0.15) is 9.61 Å². The molecule has 10 nitrogen and oxygen atoms in total. The monoisotopic (exact) mass is 454 g/mol. The van der Waals surface area contributed by atoms with Crippen molar-refractivity contribution in [3.05, 3.63) is 66.0 Å². The summed E-state index contributed by atoms with van der Waals surface area (Å²) in [5.41, 5.74) is 0.738. The zero-order chi connectivity index (χ0) is 23.1. The van der Waals surface area contributed by atoms with Gasteiger partial charge in [0.25, 0.3) is 5.91 Å². The van der Waals surface area contributed by atoms with Gasteiger partial charge in [0.05, 0.1) is 17.9 Å². The summed E-state index contributed by atoms with van der Waals surface area (Å²) in [7, 11) is 1.68. The molecule has 1 fully saturated rings. The number of aromatic nitrogens is 4. The van der Waals surface area contributed by atoms with Crippen LogP contribution in [-0.2, 0) is 0 Å². The van der Waals surface area contributed by atoms with Crippen LogP contribution in [0.2, 0.25) is 0 Å². The summed E-state index contributed by atoms with van der Waals surface area (Å²) in [4.78, 5) is 22.3. The van der Waals surface area contributed by atoms with Gasteiger partial charge in [0.2, 0.25) is 0 Å². The topological polar surface area (TPSA) is 120 Å². The van der Waals surface area contributed by atoms with Crippen LogP contribution in [0.3, 0.4) is 0 Å². The van der Waals surface area contributed by atoms with Gasteiger partial charge in [0.1, 0.15) is 23.4 Å². The van der Waals surface area contributed by atoms with Gasteiger partial charge in [-0.1, -0.05) is 0 Å². The molecule has 170 valence electrons. The minimum atomic E-state index is -1.26. The fourth-order valence-corrected chi connectivity index (χ4v) is 3.49. The van der Waals surface area contributed by atoms with E-state index in [9.17, 15) is 18.7 Å². The van der Waals surface area contributed by atoms with E-state index in [0.717, 1.165) is 0 Å². The maximum Gasteiger partial charge on any atom is 0.257 e. The van der Waals surface area contributed by atoms with E-state index in [1.807, 2.05) is 0 Å². The van der Waals surface area contributed by atoms with Crippen molar-refractivity contribution in [1.82, 2.24) is 24.9 Å². The molecule has 0 bridgehead atoms. The first-order valence-electron chi connectivity index (χ1n) is 10.2. The minimum absolute atomic E-state index is 0.0334. The number of carbonyl (C=O) groups is 1. The smallest absolute Gasteiger partial charge is 0.257 e. The quantitative estimate of drug-likeness (QED) is 0.445. The Morgan fingerprint density at radius 3 is 2.91 bits per heavy atom. The van der Waals surface area contributed by atoms with E-state index in [1.165, 1.54) is 40.1 Å². The molecule has 1 aliphatic heterocycles. The molecule has 4 N–H and O–H groups in total. The van der Waals surface area contributed by atoms with E-state index in [1.54, 1.807) is 25.3 Å². The average Bonchev–Trinajstić information content (AvgIpc) is 3.32. The van der Waals surface area contributed by atoms with E-state index in [0.29, 0.717) is 23.8 Å². The average molecular weight is 454 g/mol. The summed E-state index contributed by atoms with van der Waals surface area (Å²) in [6.07, 6.45) is 5.53. The third-order valence-electron chi connectivity index (χ3n) is 5.32. The van der Waals surface area contributed by atoms with Crippen molar-refractivity contribution in [2.24, 2.45) is 0 Å². The Morgan fingerprint density at radius 2 is 2.18 bits per heavy atom. The molecular formula is C21H20F2N8O2. The first-order valence-corrected chi connectivity index (χ1v) is 10.2. The molecule has 1 amide bonds. The van der Waals surface area contributed by atoms with Gasteiger partial charge in [-0.25, -0.2) is 18.7 Å². The summed E-state index contributed by atoms with van der Waals surface area (Å²) in [6.45, 7) is 0. The maximum absolute atomic E-state index is 14.2. The van der Waals surface area contributed by atoms with Crippen LogP contribution in [0.1, 0.15) is 16.8 Å². The number of hydrogen-bond donors (Lipinski definition) is 4. The second kappa shape index (κ2) is 8.13. The predicted octanol–water partition coefficient (Wildman–Crippen LogP) is 1.79. The SMILES string of the molecule is CNc1cc(NC2=CC=CN(c3ncccc3F)C2O)nc2c(C(=O)NC3C[C@H]3F)cnn12. The molecule has 3 aromatic heterocycles. The highest BCUT2D eigenvalue weighted by atomic mass is 19.1. The first-order chi connectivity index (χ1) is 16.0. The molecule has 2 aliphatic rings. The summed E-state index contributed by atoms with van der Waals surface area (Å²) < 4.78 is 28.9. The van der Waals surface area contributed by atoms with Crippen molar-refractivity contribution in [3.8, 4) is 0 Å². The van der Waals surface area contributed by atoms with E-state index in [2.05, 4.69) is 31.0 Å². The third kappa shape index (κ3) is 3.84. The van der Waals surface area contributed by atoms with Crippen LogP contribution in [0.15, 0.2) is 54.6 Å². The van der Waals surface area contributed by atoms with Crippen LogP contribution >= 0.6 is 0 Å². The number of nitrogens with one attached hydrogen (secondary N) is 3. The largest absolute Gasteiger partial charge is 0.373 e. The molecule has 1 aliphatic carbocycles. The molecule has 12 heteroatoms. The lowest BCUT2D eigenvalue weighted by molar-refractivity contribution is 0.0949. The Balaban J connectivity index is 1.44. The first kappa shape index (κ1) is 20.8. The normalized spacial score (nSPS) is 21.6. The predicted molar refractivity (Wildman–Crippen MR) is 117 cm³/mol. The van der Waals surface area contributed by atoms with Gasteiger partial charge in [-0.15, -0.1) is 0 Å². The highest BCUT2D eigenvalue weighted by molar-refractivity contribution is 6.00. The second-order valence-electron chi connectivity index (χ2n) is 7.58. The zero-order valence-corrected chi connectivity index (χ0v) is 17.4. The molecule has 3 atom stereocenters. The van der Waals surface area contributed by atoms with Crippen LogP contribution in [0, 0.1) is 5.82 Å².